The van der Waals surface area contributed by atoms with Gasteiger partial charge in [-0.05, 0) is 63.8 Å². The Morgan fingerprint density at radius 2 is 2.00 bits per heavy atom. The summed E-state index contributed by atoms with van der Waals surface area (Å²) < 4.78 is 19.5. The Morgan fingerprint density at radius 1 is 1.21 bits per heavy atom. The maximum absolute atomic E-state index is 13.0. The van der Waals surface area contributed by atoms with E-state index in [1.165, 1.54) is 12.1 Å². The molecule has 0 bridgehead atoms. The SMILES string of the molecule is Cc1cc(F)ccc1COc1ccc(CO)cc1Br. The minimum atomic E-state index is -0.241. The summed E-state index contributed by atoms with van der Waals surface area (Å²) in [5.74, 6) is 0.454. The first-order valence-electron chi connectivity index (χ1n) is 5.87. The van der Waals surface area contributed by atoms with Gasteiger partial charge in [0, 0.05) is 0 Å². The lowest BCUT2D eigenvalue weighted by atomic mass is 10.1. The summed E-state index contributed by atoms with van der Waals surface area (Å²) in [6, 6.07) is 10.1. The molecule has 2 aromatic rings. The van der Waals surface area contributed by atoms with Crippen LogP contribution >= 0.6 is 15.9 Å². The van der Waals surface area contributed by atoms with E-state index in [2.05, 4.69) is 15.9 Å². The lowest BCUT2D eigenvalue weighted by molar-refractivity contribution is 0.280. The van der Waals surface area contributed by atoms with Crippen molar-refractivity contribution >= 4 is 15.9 Å². The van der Waals surface area contributed by atoms with Crippen LogP contribution in [0.5, 0.6) is 5.75 Å². The van der Waals surface area contributed by atoms with E-state index < -0.39 is 0 Å². The molecule has 1 N–H and O–H groups in total. The van der Waals surface area contributed by atoms with Crippen LogP contribution < -0.4 is 4.74 Å². The van der Waals surface area contributed by atoms with Crippen LogP contribution in [0.1, 0.15) is 16.7 Å². The van der Waals surface area contributed by atoms with Crippen LogP contribution in [0, 0.1) is 12.7 Å². The fraction of sp³-hybridized carbons (Fsp3) is 0.200. The predicted molar refractivity (Wildman–Crippen MR) is 75.5 cm³/mol. The van der Waals surface area contributed by atoms with Crippen molar-refractivity contribution in [2.45, 2.75) is 20.1 Å². The highest BCUT2D eigenvalue weighted by Gasteiger charge is 2.05. The van der Waals surface area contributed by atoms with Gasteiger partial charge in [-0.15, -0.1) is 0 Å². The van der Waals surface area contributed by atoms with E-state index in [1.807, 2.05) is 13.0 Å². The Balaban J connectivity index is 2.10. The van der Waals surface area contributed by atoms with Crippen LogP contribution in [0.3, 0.4) is 0 Å². The molecule has 0 unspecified atom stereocenters. The van der Waals surface area contributed by atoms with Crippen molar-refractivity contribution < 1.29 is 14.2 Å². The molecule has 4 heteroatoms. The Labute approximate surface area is 120 Å². The van der Waals surface area contributed by atoms with Crippen LogP contribution in [-0.2, 0) is 13.2 Å². The molecular weight excluding hydrogens is 311 g/mol. The van der Waals surface area contributed by atoms with Crippen LogP contribution in [0.25, 0.3) is 0 Å². The number of hydrogen-bond acceptors (Lipinski definition) is 2. The minimum absolute atomic E-state index is 0.00402. The average molecular weight is 325 g/mol. The first-order chi connectivity index (χ1) is 9.10. The van der Waals surface area contributed by atoms with Gasteiger partial charge in [0.15, 0.2) is 0 Å². The van der Waals surface area contributed by atoms with Gasteiger partial charge < -0.3 is 9.84 Å². The first kappa shape index (κ1) is 14.0. The van der Waals surface area contributed by atoms with Crippen LogP contribution in [0.4, 0.5) is 4.39 Å². The van der Waals surface area contributed by atoms with Gasteiger partial charge in [0.25, 0.3) is 0 Å². The smallest absolute Gasteiger partial charge is 0.134 e. The van der Waals surface area contributed by atoms with Gasteiger partial charge in [-0.25, -0.2) is 4.39 Å². The summed E-state index contributed by atoms with van der Waals surface area (Å²) in [6.45, 7) is 2.23. The predicted octanol–water partition coefficient (Wildman–Crippen LogP) is 3.97. The molecule has 0 amide bonds. The number of aliphatic hydroxyl groups is 1. The van der Waals surface area contributed by atoms with Gasteiger partial charge >= 0.3 is 0 Å². The van der Waals surface area contributed by atoms with Crippen molar-refractivity contribution in [1.82, 2.24) is 0 Å². The molecular formula is C15H14BrFO2. The molecule has 0 aliphatic heterocycles. The van der Waals surface area contributed by atoms with Gasteiger partial charge in [0.2, 0.25) is 0 Å². The van der Waals surface area contributed by atoms with Gasteiger partial charge in [0.05, 0.1) is 11.1 Å². The Hall–Kier alpha value is -1.39. The fourth-order valence-electron chi connectivity index (χ4n) is 1.74. The standard InChI is InChI=1S/C15H14BrFO2/c1-10-6-13(17)4-3-12(10)9-19-15-5-2-11(8-18)7-14(15)16/h2-7,18H,8-9H2,1H3. The molecule has 100 valence electrons. The summed E-state index contributed by atoms with van der Waals surface area (Å²) >= 11 is 3.40. The third-order valence-electron chi connectivity index (χ3n) is 2.87. The number of rotatable bonds is 4. The molecule has 0 aliphatic carbocycles. The van der Waals surface area contributed by atoms with E-state index in [9.17, 15) is 4.39 Å². The zero-order valence-electron chi connectivity index (χ0n) is 10.5. The summed E-state index contributed by atoms with van der Waals surface area (Å²) in [5.41, 5.74) is 2.62. The van der Waals surface area contributed by atoms with E-state index in [1.54, 1.807) is 18.2 Å². The number of benzene rings is 2. The molecule has 0 aliphatic rings. The van der Waals surface area contributed by atoms with Gasteiger partial charge in [0.1, 0.15) is 18.2 Å². The van der Waals surface area contributed by atoms with E-state index in [-0.39, 0.29) is 12.4 Å². The van der Waals surface area contributed by atoms with Crippen molar-refractivity contribution in [3.63, 3.8) is 0 Å². The summed E-state index contributed by atoms with van der Waals surface area (Å²) in [4.78, 5) is 0. The van der Waals surface area contributed by atoms with Crippen molar-refractivity contribution in [3.8, 4) is 5.75 Å². The molecule has 2 nitrogen and oxygen atoms in total. The highest BCUT2D eigenvalue weighted by molar-refractivity contribution is 9.10. The largest absolute Gasteiger partial charge is 0.488 e. The van der Waals surface area contributed by atoms with Crippen molar-refractivity contribution in [2.75, 3.05) is 0 Å². The van der Waals surface area contributed by atoms with Gasteiger partial charge in [-0.1, -0.05) is 12.1 Å². The molecule has 0 aromatic heterocycles. The fourth-order valence-corrected chi connectivity index (χ4v) is 2.28. The molecule has 0 heterocycles. The number of aliphatic hydroxyl groups excluding tert-OH is 1. The molecule has 19 heavy (non-hydrogen) atoms. The molecule has 0 radical (unpaired) electrons. The molecule has 0 spiro atoms. The lowest BCUT2D eigenvalue weighted by Gasteiger charge is -2.11. The topological polar surface area (TPSA) is 29.5 Å². The minimum Gasteiger partial charge on any atom is -0.488 e. The van der Waals surface area contributed by atoms with Crippen molar-refractivity contribution in [1.29, 1.82) is 0 Å². The normalized spacial score (nSPS) is 10.5. The molecule has 2 aromatic carbocycles. The third kappa shape index (κ3) is 3.55. The first-order valence-corrected chi connectivity index (χ1v) is 6.66. The number of halogens is 2. The van der Waals surface area contributed by atoms with Crippen LogP contribution in [-0.4, -0.2) is 5.11 Å². The Kier molecular flexibility index (Phi) is 4.56. The number of ether oxygens (including phenoxy) is 1. The zero-order chi connectivity index (χ0) is 13.8. The quantitative estimate of drug-likeness (QED) is 0.922. The monoisotopic (exact) mass is 324 g/mol. The summed E-state index contributed by atoms with van der Waals surface area (Å²) in [7, 11) is 0. The maximum Gasteiger partial charge on any atom is 0.134 e. The van der Waals surface area contributed by atoms with E-state index in [0.29, 0.717) is 12.4 Å². The van der Waals surface area contributed by atoms with E-state index in [4.69, 9.17) is 9.84 Å². The third-order valence-corrected chi connectivity index (χ3v) is 3.49. The highest BCUT2D eigenvalue weighted by atomic mass is 79.9. The molecule has 0 saturated carbocycles. The van der Waals surface area contributed by atoms with Crippen molar-refractivity contribution in [3.05, 3.63) is 63.4 Å². The number of aryl methyl sites for hydroxylation is 1. The lowest BCUT2D eigenvalue weighted by Crippen LogP contribution is -1.99. The zero-order valence-corrected chi connectivity index (χ0v) is 12.1. The maximum atomic E-state index is 13.0. The van der Waals surface area contributed by atoms with E-state index >= 15 is 0 Å². The van der Waals surface area contributed by atoms with Crippen LogP contribution in [0.15, 0.2) is 40.9 Å². The number of hydrogen-bond donors (Lipinski definition) is 1. The van der Waals surface area contributed by atoms with E-state index in [0.717, 1.165) is 21.2 Å². The van der Waals surface area contributed by atoms with Crippen molar-refractivity contribution in [2.24, 2.45) is 0 Å². The molecule has 0 atom stereocenters. The summed E-state index contributed by atoms with van der Waals surface area (Å²) in [6.07, 6.45) is 0. The highest BCUT2D eigenvalue weighted by Crippen LogP contribution is 2.27. The second kappa shape index (κ2) is 6.17. The Bertz CT molecular complexity index is 584. The summed E-state index contributed by atoms with van der Waals surface area (Å²) in [5, 5.41) is 9.03. The molecule has 2 rings (SSSR count). The Morgan fingerprint density at radius 3 is 2.63 bits per heavy atom. The molecule has 0 saturated heterocycles. The van der Waals surface area contributed by atoms with Crippen LogP contribution in [0.2, 0.25) is 0 Å². The second-order valence-electron chi connectivity index (χ2n) is 4.28. The average Bonchev–Trinajstić information content (AvgIpc) is 2.39. The molecule has 0 fully saturated rings. The van der Waals surface area contributed by atoms with Gasteiger partial charge in [-0.2, -0.15) is 0 Å². The van der Waals surface area contributed by atoms with Gasteiger partial charge in [-0.3, -0.25) is 0 Å². The second-order valence-corrected chi connectivity index (χ2v) is 5.14.